The van der Waals surface area contributed by atoms with Gasteiger partial charge in [-0.1, -0.05) is 12.1 Å². The van der Waals surface area contributed by atoms with Crippen molar-refractivity contribution in [2.24, 2.45) is 0 Å². The highest BCUT2D eigenvalue weighted by molar-refractivity contribution is 5.54. The van der Waals surface area contributed by atoms with Gasteiger partial charge in [0.1, 0.15) is 0 Å². The molecule has 0 unspecified atom stereocenters. The van der Waals surface area contributed by atoms with E-state index in [0.717, 1.165) is 13.1 Å². The van der Waals surface area contributed by atoms with Crippen LogP contribution in [0.25, 0.3) is 0 Å². The van der Waals surface area contributed by atoms with Crippen LogP contribution in [0, 0.1) is 0 Å². The van der Waals surface area contributed by atoms with E-state index in [9.17, 15) is 0 Å². The SMILES string of the molecule is CC(C)(C)N1CCN(Cc2ccc3c(c2)CCCN3)CC1. The Bertz CT molecular complexity index is 482. The van der Waals surface area contributed by atoms with Gasteiger partial charge in [-0.2, -0.15) is 0 Å². The Morgan fingerprint density at radius 3 is 2.57 bits per heavy atom. The minimum absolute atomic E-state index is 0.309. The van der Waals surface area contributed by atoms with Crippen molar-refractivity contribution in [1.29, 1.82) is 0 Å². The molecule has 1 aromatic carbocycles. The number of fused-ring (bicyclic) bond motifs is 1. The van der Waals surface area contributed by atoms with Crippen molar-refractivity contribution in [3.63, 3.8) is 0 Å². The van der Waals surface area contributed by atoms with Gasteiger partial charge in [-0.25, -0.2) is 0 Å². The molecular formula is C18H29N3. The number of hydrogen-bond acceptors (Lipinski definition) is 3. The first-order chi connectivity index (χ1) is 10.0. The molecule has 0 bridgehead atoms. The van der Waals surface area contributed by atoms with E-state index < -0.39 is 0 Å². The van der Waals surface area contributed by atoms with Crippen LogP contribution in [0.15, 0.2) is 18.2 Å². The molecule has 0 atom stereocenters. The van der Waals surface area contributed by atoms with Crippen molar-refractivity contribution in [3.05, 3.63) is 29.3 Å². The van der Waals surface area contributed by atoms with Gasteiger partial charge >= 0.3 is 0 Å². The maximum absolute atomic E-state index is 3.50. The second-order valence-corrected chi connectivity index (χ2v) is 7.46. The highest BCUT2D eigenvalue weighted by atomic mass is 15.3. The van der Waals surface area contributed by atoms with Gasteiger partial charge in [-0.05, 0) is 50.8 Å². The van der Waals surface area contributed by atoms with E-state index in [0.29, 0.717) is 5.54 Å². The topological polar surface area (TPSA) is 18.5 Å². The zero-order chi connectivity index (χ0) is 14.9. The van der Waals surface area contributed by atoms with Gasteiger partial charge in [0.2, 0.25) is 0 Å². The Hall–Kier alpha value is -1.06. The number of benzene rings is 1. The van der Waals surface area contributed by atoms with Gasteiger partial charge in [0, 0.05) is 50.5 Å². The fourth-order valence-corrected chi connectivity index (χ4v) is 3.46. The zero-order valence-corrected chi connectivity index (χ0v) is 13.8. The van der Waals surface area contributed by atoms with Crippen molar-refractivity contribution in [3.8, 4) is 0 Å². The average Bonchev–Trinajstić information content (AvgIpc) is 2.47. The Labute approximate surface area is 129 Å². The van der Waals surface area contributed by atoms with Crippen molar-refractivity contribution >= 4 is 5.69 Å². The third kappa shape index (κ3) is 3.58. The average molecular weight is 287 g/mol. The molecule has 3 rings (SSSR count). The summed E-state index contributed by atoms with van der Waals surface area (Å²) in [5.41, 5.74) is 4.64. The molecule has 2 aliphatic heterocycles. The lowest BCUT2D eigenvalue weighted by Crippen LogP contribution is -2.53. The molecular weight excluding hydrogens is 258 g/mol. The maximum Gasteiger partial charge on any atom is 0.0372 e. The van der Waals surface area contributed by atoms with E-state index in [1.807, 2.05) is 0 Å². The summed E-state index contributed by atoms with van der Waals surface area (Å²) in [6, 6.07) is 6.99. The number of hydrogen-bond donors (Lipinski definition) is 1. The predicted molar refractivity (Wildman–Crippen MR) is 89.9 cm³/mol. The first kappa shape index (κ1) is 14.9. The monoisotopic (exact) mass is 287 g/mol. The molecule has 1 saturated heterocycles. The summed E-state index contributed by atoms with van der Waals surface area (Å²) in [5.74, 6) is 0. The van der Waals surface area contributed by atoms with Gasteiger partial charge in [0.15, 0.2) is 0 Å². The van der Waals surface area contributed by atoms with Crippen LogP contribution in [0.4, 0.5) is 5.69 Å². The molecule has 0 saturated carbocycles. The maximum atomic E-state index is 3.50. The van der Waals surface area contributed by atoms with Gasteiger partial charge in [0.25, 0.3) is 0 Å². The third-order valence-corrected chi connectivity index (χ3v) is 4.84. The fourth-order valence-electron chi connectivity index (χ4n) is 3.46. The van der Waals surface area contributed by atoms with Crippen molar-refractivity contribution < 1.29 is 0 Å². The Kier molecular flexibility index (Phi) is 4.23. The van der Waals surface area contributed by atoms with E-state index in [1.165, 1.54) is 55.8 Å². The molecule has 0 aromatic heterocycles. The fraction of sp³-hybridized carbons (Fsp3) is 0.667. The largest absolute Gasteiger partial charge is 0.385 e. The minimum atomic E-state index is 0.309. The van der Waals surface area contributed by atoms with Crippen LogP contribution in [0.3, 0.4) is 0 Å². The standard InChI is InChI=1S/C18H29N3/c1-18(2,3)21-11-9-20(10-12-21)14-15-6-7-17-16(13-15)5-4-8-19-17/h6-7,13,19H,4-5,8-12,14H2,1-3H3. The van der Waals surface area contributed by atoms with Crippen LogP contribution < -0.4 is 5.32 Å². The summed E-state index contributed by atoms with van der Waals surface area (Å²) < 4.78 is 0. The van der Waals surface area contributed by atoms with E-state index in [2.05, 4.69) is 54.1 Å². The van der Waals surface area contributed by atoms with Crippen molar-refractivity contribution in [2.45, 2.75) is 45.7 Å². The summed E-state index contributed by atoms with van der Waals surface area (Å²) in [5, 5.41) is 3.50. The number of nitrogens with one attached hydrogen (secondary N) is 1. The predicted octanol–water partition coefficient (Wildman–Crippen LogP) is 2.96. The number of nitrogens with zero attached hydrogens (tertiary/aromatic N) is 2. The highest BCUT2D eigenvalue weighted by Crippen LogP contribution is 2.24. The molecule has 0 amide bonds. The van der Waals surface area contributed by atoms with Crippen LogP contribution in [0.1, 0.15) is 38.3 Å². The molecule has 1 fully saturated rings. The second kappa shape index (κ2) is 5.98. The van der Waals surface area contributed by atoms with E-state index in [-0.39, 0.29) is 0 Å². The molecule has 0 aliphatic carbocycles. The number of aryl methyl sites for hydroxylation is 1. The minimum Gasteiger partial charge on any atom is -0.385 e. The summed E-state index contributed by atoms with van der Waals surface area (Å²) in [4.78, 5) is 5.19. The van der Waals surface area contributed by atoms with E-state index in [4.69, 9.17) is 0 Å². The molecule has 2 aliphatic rings. The molecule has 1 N–H and O–H groups in total. The first-order valence-corrected chi connectivity index (χ1v) is 8.35. The van der Waals surface area contributed by atoms with Crippen LogP contribution in [-0.2, 0) is 13.0 Å². The van der Waals surface area contributed by atoms with Gasteiger partial charge in [-0.15, -0.1) is 0 Å². The number of anilines is 1. The lowest BCUT2D eigenvalue weighted by molar-refractivity contribution is 0.0591. The molecule has 0 spiro atoms. The highest BCUT2D eigenvalue weighted by Gasteiger charge is 2.25. The Morgan fingerprint density at radius 2 is 1.86 bits per heavy atom. The molecule has 2 heterocycles. The van der Waals surface area contributed by atoms with Crippen LogP contribution in [-0.4, -0.2) is 48.1 Å². The molecule has 0 radical (unpaired) electrons. The Balaban J connectivity index is 1.58. The smallest absolute Gasteiger partial charge is 0.0372 e. The van der Waals surface area contributed by atoms with Gasteiger partial charge < -0.3 is 5.32 Å². The lowest BCUT2D eigenvalue weighted by atomic mass is 10.0. The normalized spacial score (nSPS) is 20.9. The zero-order valence-electron chi connectivity index (χ0n) is 13.8. The number of rotatable bonds is 2. The van der Waals surface area contributed by atoms with Gasteiger partial charge in [-0.3, -0.25) is 9.80 Å². The van der Waals surface area contributed by atoms with E-state index >= 15 is 0 Å². The number of piperazine rings is 1. The lowest BCUT2D eigenvalue weighted by Gasteiger charge is -2.42. The summed E-state index contributed by atoms with van der Waals surface area (Å²) in [6.07, 6.45) is 2.49. The van der Waals surface area contributed by atoms with Crippen LogP contribution >= 0.6 is 0 Å². The summed E-state index contributed by atoms with van der Waals surface area (Å²) >= 11 is 0. The molecule has 116 valence electrons. The third-order valence-electron chi connectivity index (χ3n) is 4.84. The second-order valence-electron chi connectivity index (χ2n) is 7.46. The molecule has 3 nitrogen and oxygen atoms in total. The van der Waals surface area contributed by atoms with Crippen molar-refractivity contribution in [2.75, 3.05) is 38.0 Å². The van der Waals surface area contributed by atoms with Crippen LogP contribution in [0.2, 0.25) is 0 Å². The van der Waals surface area contributed by atoms with Gasteiger partial charge in [0.05, 0.1) is 0 Å². The van der Waals surface area contributed by atoms with Crippen LogP contribution in [0.5, 0.6) is 0 Å². The molecule has 21 heavy (non-hydrogen) atoms. The summed E-state index contributed by atoms with van der Waals surface area (Å²) in [6.45, 7) is 13.9. The molecule has 3 heteroatoms. The summed E-state index contributed by atoms with van der Waals surface area (Å²) in [7, 11) is 0. The van der Waals surface area contributed by atoms with E-state index in [1.54, 1.807) is 0 Å². The molecule has 1 aromatic rings. The quantitative estimate of drug-likeness (QED) is 0.902. The Morgan fingerprint density at radius 1 is 1.10 bits per heavy atom. The van der Waals surface area contributed by atoms with Crippen molar-refractivity contribution in [1.82, 2.24) is 9.80 Å². The first-order valence-electron chi connectivity index (χ1n) is 8.35.